The van der Waals surface area contributed by atoms with Gasteiger partial charge in [0, 0.05) is 11.5 Å². The van der Waals surface area contributed by atoms with Gasteiger partial charge in [0.2, 0.25) is 0 Å². The van der Waals surface area contributed by atoms with Crippen LogP contribution in [0.5, 0.6) is 0 Å². The Hall–Kier alpha value is -1.19. The summed E-state index contributed by atoms with van der Waals surface area (Å²) >= 11 is 3.78. The first-order valence-corrected chi connectivity index (χ1v) is 12.2. The summed E-state index contributed by atoms with van der Waals surface area (Å²) in [6, 6.07) is 7.24. The van der Waals surface area contributed by atoms with E-state index in [1.807, 2.05) is 35.7 Å². The molecule has 1 aromatic carbocycles. The second-order valence-electron chi connectivity index (χ2n) is 6.72. The second kappa shape index (κ2) is 7.82. The number of esters is 1. The highest BCUT2D eigenvalue weighted by atomic mass is 32.2. The lowest BCUT2D eigenvalue weighted by molar-refractivity contribution is -0.125. The third-order valence-electron chi connectivity index (χ3n) is 4.32. The van der Waals surface area contributed by atoms with Crippen molar-refractivity contribution in [1.29, 1.82) is 0 Å². The summed E-state index contributed by atoms with van der Waals surface area (Å²) in [6.45, 7) is 1.26. The molecule has 3 rings (SSSR count). The average Bonchev–Trinajstić information content (AvgIpc) is 3.21. The predicted octanol–water partition coefficient (Wildman–Crippen LogP) is 2.02. The first kappa shape index (κ1) is 19.6. The van der Waals surface area contributed by atoms with Crippen molar-refractivity contribution in [2.24, 2.45) is 0 Å². The molecule has 2 aliphatic heterocycles. The average molecular weight is 416 g/mol. The van der Waals surface area contributed by atoms with E-state index in [0.29, 0.717) is 16.6 Å². The van der Waals surface area contributed by atoms with Crippen LogP contribution >= 0.6 is 23.5 Å². The van der Waals surface area contributed by atoms with Gasteiger partial charge in [0.25, 0.3) is 5.91 Å². The Bertz CT molecular complexity index is 787. The van der Waals surface area contributed by atoms with Gasteiger partial charge in [0.15, 0.2) is 16.4 Å². The van der Waals surface area contributed by atoms with Crippen LogP contribution in [-0.4, -0.2) is 55.5 Å². The van der Waals surface area contributed by atoms with Gasteiger partial charge in [-0.2, -0.15) is 0 Å². The van der Waals surface area contributed by atoms with Gasteiger partial charge >= 0.3 is 5.97 Å². The van der Waals surface area contributed by atoms with E-state index in [2.05, 4.69) is 5.32 Å². The van der Waals surface area contributed by atoms with E-state index in [0.717, 1.165) is 11.5 Å². The highest BCUT2D eigenvalue weighted by molar-refractivity contribution is 8.19. The monoisotopic (exact) mass is 415 g/mol. The number of sulfone groups is 1. The van der Waals surface area contributed by atoms with E-state index in [9.17, 15) is 18.0 Å². The summed E-state index contributed by atoms with van der Waals surface area (Å²) in [5, 5.41) is 2.66. The highest BCUT2D eigenvalue weighted by Crippen LogP contribution is 2.45. The lowest BCUT2D eigenvalue weighted by Crippen LogP contribution is -2.48. The molecule has 0 spiro atoms. The number of ether oxygens (including phenoxy) is 1. The maximum Gasteiger partial charge on any atom is 0.338 e. The summed E-state index contributed by atoms with van der Waals surface area (Å²) in [4.78, 5) is 24.1. The lowest BCUT2D eigenvalue weighted by Gasteiger charge is -2.23. The molecule has 1 atom stereocenters. The first-order valence-electron chi connectivity index (χ1n) is 8.28. The Morgan fingerprint density at radius 1 is 1.23 bits per heavy atom. The molecule has 2 saturated heterocycles. The third-order valence-corrected chi connectivity index (χ3v) is 9.33. The van der Waals surface area contributed by atoms with Crippen molar-refractivity contribution in [3.63, 3.8) is 0 Å². The fourth-order valence-electron chi connectivity index (χ4n) is 3.02. The van der Waals surface area contributed by atoms with Gasteiger partial charge in [-0.25, -0.2) is 13.2 Å². The van der Waals surface area contributed by atoms with Crippen LogP contribution in [0.1, 0.15) is 33.8 Å². The van der Waals surface area contributed by atoms with Gasteiger partial charge in [-0.3, -0.25) is 4.79 Å². The van der Waals surface area contributed by atoms with Gasteiger partial charge in [-0.1, -0.05) is 12.1 Å². The maximum atomic E-state index is 12.1. The molecule has 26 heavy (non-hydrogen) atoms. The normalized spacial score (nSPS) is 25.1. The topological polar surface area (TPSA) is 89.5 Å². The van der Waals surface area contributed by atoms with Crippen molar-refractivity contribution in [2.45, 2.75) is 23.5 Å². The van der Waals surface area contributed by atoms with Crippen LogP contribution in [0.15, 0.2) is 24.3 Å². The minimum atomic E-state index is -3.11. The zero-order chi connectivity index (χ0) is 18.8. The van der Waals surface area contributed by atoms with Crippen molar-refractivity contribution < 1.29 is 22.7 Å². The largest absolute Gasteiger partial charge is 0.452 e. The molecule has 1 N–H and O–H groups in total. The number of carbonyl (C=O) groups excluding carboxylic acids is 2. The molecule has 0 aliphatic carbocycles. The van der Waals surface area contributed by atoms with Crippen LogP contribution in [0.3, 0.4) is 0 Å². The molecular weight excluding hydrogens is 394 g/mol. The van der Waals surface area contributed by atoms with Crippen molar-refractivity contribution in [3.8, 4) is 0 Å². The maximum absolute atomic E-state index is 12.1. The fraction of sp³-hybridized carbons (Fsp3) is 0.529. The summed E-state index contributed by atoms with van der Waals surface area (Å²) in [7, 11) is -3.11. The molecule has 2 fully saturated rings. The van der Waals surface area contributed by atoms with Crippen LogP contribution in [0.25, 0.3) is 0 Å². The minimum absolute atomic E-state index is 0.0630. The smallest absolute Gasteiger partial charge is 0.338 e. The lowest BCUT2D eigenvalue weighted by atomic mass is 10.0. The van der Waals surface area contributed by atoms with Gasteiger partial charge in [-0.05, 0) is 31.0 Å². The Morgan fingerprint density at radius 3 is 2.46 bits per heavy atom. The summed E-state index contributed by atoms with van der Waals surface area (Å²) < 4.78 is 28.6. The van der Waals surface area contributed by atoms with Gasteiger partial charge < -0.3 is 10.1 Å². The van der Waals surface area contributed by atoms with Gasteiger partial charge in [0.1, 0.15) is 0 Å². The quantitative estimate of drug-likeness (QED) is 0.736. The molecular formula is C17H21NO5S3. The van der Waals surface area contributed by atoms with Crippen molar-refractivity contribution in [2.75, 3.05) is 29.6 Å². The van der Waals surface area contributed by atoms with Crippen molar-refractivity contribution in [3.05, 3.63) is 35.4 Å². The van der Waals surface area contributed by atoms with E-state index in [1.165, 1.54) is 5.56 Å². The Kier molecular flexibility index (Phi) is 5.88. The number of amides is 1. The number of rotatable bonds is 5. The SMILES string of the molecule is C[C@@]1(NC(=O)COC(=O)c2ccc(C3SCCS3)cc2)CCS(=O)(=O)C1. The minimum Gasteiger partial charge on any atom is -0.452 e. The predicted molar refractivity (Wildman–Crippen MR) is 104 cm³/mol. The third kappa shape index (κ3) is 4.95. The number of hydrogen-bond donors (Lipinski definition) is 1. The molecule has 9 heteroatoms. The van der Waals surface area contributed by atoms with E-state index in [-0.39, 0.29) is 11.5 Å². The highest BCUT2D eigenvalue weighted by Gasteiger charge is 2.39. The Labute approximate surface area is 161 Å². The zero-order valence-corrected chi connectivity index (χ0v) is 16.8. The van der Waals surface area contributed by atoms with Gasteiger partial charge in [0.05, 0.1) is 27.2 Å². The van der Waals surface area contributed by atoms with E-state index >= 15 is 0 Å². The Morgan fingerprint density at radius 2 is 1.88 bits per heavy atom. The van der Waals surface area contributed by atoms with Gasteiger partial charge in [-0.15, -0.1) is 23.5 Å². The number of nitrogens with one attached hydrogen (secondary N) is 1. The molecule has 1 aromatic rings. The Balaban J connectivity index is 1.49. The fourth-order valence-corrected chi connectivity index (χ4v) is 7.98. The van der Waals surface area contributed by atoms with Crippen LogP contribution in [0.4, 0.5) is 0 Å². The van der Waals surface area contributed by atoms with Crippen LogP contribution in [0.2, 0.25) is 0 Å². The van der Waals surface area contributed by atoms with Crippen LogP contribution < -0.4 is 5.32 Å². The van der Waals surface area contributed by atoms with E-state index in [4.69, 9.17) is 4.74 Å². The molecule has 0 radical (unpaired) electrons. The molecule has 2 aliphatic rings. The van der Waals surface area contributed by atoms with E-state index < -0.39 is 33.9 Å². The zero-order valence-electron chi connectivity index (χ0n) is 14.4. The summed E-state index contributed by atoms with van der Waals surface area (Å²) in [6.07, 6.45) is 0.369. The van der Waals surface area contributed by atoms with Crippen molar-refractivity contribution in [1.82, 2.24) is 5.32 Å². The molecule has 6 nitrogen and oxygen atoms in total. The number of thioether (sulfide) groups is 2. The molecule has 2 heterocycles. The summed E-state index contributed by atoms with van der Waals surface area (Å²) in [5.41, 5.74) is 0.770. The number of benzene rings is 1. The molecule has 0 unspecified atom stereocenters. The molecule has 0 aromatic heterocycles. The van der Waals surface area contributed by atoms with Crippen LogP contribution in [-0.2, 0) is 19.4 Å². The van der Waals surface area contributed by atoms with E-state index in [1.54, 1.807) is 19.1 Å². The summed E-state index contributed by atoms with van der Waals surface area (Å²) in [5.74, 6) is 1.19. The number of hydrogen-bond acceptors (Lipinski definition) is 7. The second-order valence-corrected chi connectivity index (χ2v) is 11.6. The standard InChI is InChI=1S/C17H21NO5S3/c1-17(6-9-26(21,22)11-17)18-14(19)10-23-15(20)12-2-4-13(5-3-12)16-24-7-8-25-16/h2-5,16H,6-11H2,1H3,(H,18,19)/t17-/m1/s1. The van der Waals surface area contributed by atoms with Crippen LogP contribution in [0, 0.1) is 0 Å². The molecule has 142 valence electrons. The molecule has 0 bridgehead atoms. The first-order chi connectivity index (χ1) is 12.3. The molecule has 0 saturated carbocycles. The van der Waals surface area contributed by atoms with Crippen molar-refractivity contribution >= 4 is 45.2 Å². The molecule has 1 amide bonds. The number of carbonyl (C=O) groups is 2.